The minimum absolute atomic E-state index is 0.0667. The highest BCUT2D eigenvalue weighted by Crippen LogP contribution is 2.13. The lowest BCUT2D eigenvalue weighted by molar-refractivity contribution is 0.200. The molecule has 0 bridgehead atoms. The number of nitrogens with one attached hydrogen (secondary N) is 2. The van der Waals surface area contributed by atoms with Crippen LogP contribution in [0.3, 0.4) is 0 Å². The van der Waals surface area contributed by atoms with Gasteiger partial charge in [0, 0.05) is 25.2 Å². The molecule has 22 heavy (non-hydrogen) atoms. The first-order valence-electron chi connectivity index (χ1n) is 7.78. The largest absolute Gasteiger partial charge is 0.396 e. The lowest BCUT2D eigenvalue weighted by atomic mass is 9.95. The van der Waals surface area contributed by atoms with Gasteiger partial charge in [-0.2, -0.15) is 0 Å². The summed E-state index contributed by atoms with van der Waals surface area (Å²) in [5.41, 5.74) is 1.93. The topological polar surface area (TPSA) is 64.6 Å². The number of nitrogens with zero attached hydrogens (tertiary/aromatic N) is 1. The van der Waals surface area contributed by atoms with Gasteiger partial charge >= 0.3 is 6.03 Å². The molecule has 5 heteroatoms. The van der Waals surface area contributed by atoms with E-state index < -0.39 is 0 Å². The summed E-state index contributed by atoms with van der Waals surface area (Å²) in [7, 11) is 4.07. The van der Waals surface area contributed by atoms with Crippen molar-refractivity contribution < 1.29 is 9.90 Å². The first kappa shape index (κ1) is 18.5. The third kappa shape index (κ3) is 6.45. The van der Waals surface area contributed by atoms with Crippen LogP contribution in [0.5, 0.6) is 0 Å². The molecule has 1 rings (SSSR count). The summed E-state index contributed by atoms with van der Waals surface area (Å²) in [4.78, 5) is 14.1. The molecule has 0 aliphatic carbocycles. The normalized spacial score (nSPS) is 13.7. The van der Waals surface area contributed by atoms with Crippen molar-refractivity contribution in [1.29, 1.82) is 0 Å². The molecule has 0 spiro atoms. The quantitative estimate of drug-likeness (QED) is 0.689. The van der Waals surface area contributed by atoms with Gasteiger partial charge < -0.3 is 20.6 Å². The minimum atomic E-state index is -0.369. The Labute approximate surface area is 133 Å². The summed E-state index contributed by atoms with van der Waals surface area (Å²) in [5.74, 6) is 0. The number of amides is 2. The second kappa shape index (κ2) is 8.76. The number of aliphatic hydroxyl groups is 1. The maximum atomic E-state index is 12.0. The smallest absolute Gasteiger partial charge is 0.315 e. The Morgan fingerprint density at radius 1 is 1.32 bits per heavy atom. The van der Waals surface area contributed by atoms with Gasteiger partial charge in [-0.05, 0) is 45.0 Å². The lowest BCUT2D eigenvalue weighted by Crippen LogP contribution is -2.50. The van der Waals surface area contributed by atoms with Crippen LogP contribution in [0, 0.1) is 0 Å². The van der Waals surface area contributed by atoms with E-state index in [0.29, 0.717) is 13.0 Å². The Hall–Kier alpha value is -1.59. The molecule has 1 unspecified atom stereocenters. The average molecular weight is 307 g/mol. The zero-order chi connectivity index (χ0) is 16.6. The second-order valence-electron chi connectivity index (χ2n) is 6.25. The highest BCUT2D eigenvalue weighted by molar-refractivity contribution is 5.74. The fourth-order valence-electron chi connectivity index (χ4n) is 2.28. The number of urea groups is 1. The highest BCUT2D eigenvalue weighted by Gasteiger charge is 2.23. The summed E-state index contributed by atoms with van der Waals surface area (Å²) >= 11 is 0. The first-order chi connectivity index (χ1) is 10.4. The number of hydrogen-bond donors (Lipinski definition) is 3. The van der Waals surface area contributed by atoms with Crippen LogP contribution < -0.4 is 10.6 Å². The third-order valence-electron chi connectivity index (χ3n) is 3.80. The molecule has 0 aromatic heterocycles. The minimum Gasteiger partial charge on any atom is -0.396 e. The predicted octanol–water partition coefficient (Wildman–Crippen LogP) is 2.10. The van der Waals surface area contributed by atoms with Gasteiger partial charge in [0.05, 0.1) is 0 Å². The van der Waals surface area contributed by atoms with Crippen molar-refractivity contribution in [2.75, 3.05) is 20.7 Å². The van der Waals surface area contributed by atoms with Crippen LogP contribution >= 0.6 is 0 Å². The molecular formula is C17H29N3O2. The molecule has 0 heterocycles. The van der Waals surface area contributed by atoms with Crippen molar-refractivity contribution in [1.82, 2.24) is 15.5 Å². The fraction of sp³-hybridized carbons (Fsp3) is 0.588. The van der Waals surface area contributed by atoms with E-state index in [0.717, 1.165) is 18.5 Å². The molecule has 0 saturated carbocycles. The molecule has 1 aromatic carbocycles. The van der Waals surface area contributed by atoms with Crippen LogP contribution in [-0.2, 0) is 13.1 Å². The van der Waals surface area contributed by atoms with Crippen molar-refractivity contribution in [3.05, 3.63) is 35.4 Å². The number of aliphatic hydroxyl groups excluding tert-OH is 1. The highest BCUT2D eigenvalue weighted by atomic mass is 16.3. The molecule has 0 aliphatic heterocycles. The molecule has 0 fully saturated rings. The monoisotopic (exact) mass is 307 g/mol. The van der Waals surface area contributed by atoms with E-state index in [1.807, 2.05) is 40.1 Å². The molecule has 3 N–H and O–H groups in total. The van der Waals surface area contributed by atoms with Crippen LogP contribution in [0.15, 0.2) is 24.3 Å². The first-order valence-corrected chi connectivity index (χ1v) is 7.78. The number of rotatable bonds is 8. The van der Waals surface area contributed by atoms with E-state index in [1.54, 1.807) is 0 Å². The van der Waals surface area contributed by atoms with Crippen LogP contribution in [-0.4, -0.2) is 42.3 Å². The van der Waals surface area contributed by atoms with Crippen molar-refractivity contribution in [2.24, 2.45) is 0 Å². The molecule has 1 atom stereocenters. The van der Waals surface area contributed by atoms with E-state index in [-0.39, 0.29) is 18.2 Å². The summed E-state index contributed by atoms with van der Waals surface area (Å²) in [6, 6.07) is 8.00. The summed E-state index contributed by atoms with van der Waals surface area (Å²) in [6.07, 6.45) is 1.33. The van der Waals surface area contributed by atoms with Gasteiger partial charge in [-0.15, -0.1) is 0 Å². The maximum absolute atomic E-state index is 12.0. The third-order valence-corrected chi connectivity index (χ3v) is 3.80. The number of carbonyl (C=O) groups excluding carboxylic acids is 1. The molecular weight excluding hydrogens is 278 g/mol. The van der Waals surface area contributed by atoms with Gasteiger partial charge in [-0.1, -0.05) is 31.2 Å². The molecule has 1 aromatic rings. The van der Waals surface area contributed by atoms with E-state index in [2.05, 4.69) is 27.7 Å². The van der Waals surface area contributed by atoms with E-state index in [1.165, 1.54) is 5.56 Å². The Bertz CT molecular complexity index is 477. The van der Waals surface area contributed by atoms with E-state index >= 15 is 0 Å². The average Bonchev–Trinajstić information content (AvgIpc) is 2.45. The Balaban J connectivity index is 2.53. The summed E-state index contributed by atoms with van der Waals surface area (Å²) in [5, 5.41) is 14.9. The molecule has 0 radical (unpaired) electrons. The van der Waals surface area contributed by atoms with Gasteiger partial charge in [0.25, 0.3) is 0 Å². The van der Waals surface area contributed by atoms with Crippen LogP contribution in [0.25, 0.3) is 0 Å². The van der Waals surface area contributed by atoms with Crippen LogP contribution in [0.4, 0.5) is 4.79 Å². The number of carbonyl (C=O) groups is 1. The van der Waals surface area contributed by atoms with Crippen LogP contribution in [0.1, 0.15) is 37.8 Å². The maximum Gasteiger partial charge on any atom is 0.315 e. The molecule has 124 valence electrons. The Morgan fingerprint density at radius 3 is 2.59 bits per heavy atom. The van der Waals surface area contributed by atoms with Crippen LogP contribution in [0.2, 0.25) is 0 Å². The van der Waals surface area contributed by atoms with Crippen molar-refractivity contribution in [3.8, 4) is 0 Å². The zero-order valence-electron chi connectivity index (χ0n) is 14.1. The predicted molar refractivity (Wildman–Crippen MR) is 89.6 cm³/mol. The standard InChI is InChI=1S/C17H29N3O2/c1-5-17(2,9-10-21)19-16(22)18-12-14-7-6-8-15(11-14)13-20(3)4/h6-8,11,21H,5,9-10,12-13H2,1-4H3,(H2,18,19,22). The Morgan fingerprint density at radius 2 is 2.00 bits per heavy atom. The number of benzene rings is 1. The molecule has 2 amide bonds. The fourth-order valence-corrected chi connectivity index (χ4v) is 2.28. The summed E-state index contributed by atoms with van der Waals surface area (Å²) < 4.78 is 0. The van der Waals surface area contributed by atoms with E-state index in [9.17, 15) is 4.79 Å². The Kier molecular flexibility index (Phi) is 7.35. The van der Waals surface area contributed by atoms with Gasteiger partial charge in [-0.3, -0.25) is 0 Å². The molecule has 0 aliphatic rings. The SMILES string of the molecule is CCC(C)(CCO)NC(=O)NCc1cccc(CN(C)C)c1. The number of hydrogen-bond acceptors (Lipinski definition) is 3. The van der Waals surface area contributed by atoms with Crippen molar-refractivity contribution in [3.63, 3.8) is 0 Å². The van der Waals surface area contributed by atoms with Crippen molar-refractivity contribution in [2.45, 2.75) is 45.3 Å². The van der Waals surface area contributed by atoms with E-state index in [4.69, 9.17) is 5.11 Å². The van der Waals surface area contributed by atoms with Gasteiger partial charge in [0.2, 0.25) is 0 Å². The van der Waals surface area contributed by atoms with Crippen molar-refractivity contribution >= 4 is 6.03 Å². The lowest BCUT2D eigenvalue weighted by Gasteiger charge is -2.29. The summed E-state index contributed by atoms with van der Waals surface area (Å²) in [6.45, 7) is 5.38. The molecule has 0 saturated heterocycles. The van der Waals surface area contributed by atoms with Gasteiger partial charge in [-0.25, -0.2) is 4.79 Å². The molecule has 5 nitrogen and oxygen atoms in total. The second-order valence-corrected chi connectivity index (χ2v) is 6.25. The van der Waals surface area contributed by atoms with Gasteiger partial charge in [0.1, 0.15) is 0 Å². The zero-order valence-corrected chi connectivity index (χ0v) is 14.1. The van der Waals surface area contributed by atoms with Gasteiger partial charge in [0.15, 0.2) is 0 Å².